The lowest BCUT2D eigenvalue weighted by Crippen LogP contribution is -2.57. The minimum absolute atomic E-state index is 0.0156. The average Bonchev–Trinajstić information content (AvgIpc) is 3.11. The van der Waals surface area contributed by atoms with E-state index in [-0.39, 0.29) is 12.1 Å². The Kier molecular flexibility index (Phi) is 3.58. The van der Waals surface area contributed by atoms with Crippen molar-refractivity contribution < 1.29 is 9.53 Å². The zero-order valence-electron chi connectivity index (χ0n) is 12.2. The quantitative estimate of drug-likeness (QED) is 0.788. The van der Waals surface area contributed by atoms with Crippen molar-refractivity contribution in [3.8, 4) is 5.75 Å². The molecule has 1 aromatic carbocycles. The number of carbonyl (C=O) groups excluding carboxylic acids is 1. The molecule has 0 unspecified atom stereocenters. The summed E-state index contributed by atoms with van der Waals surface area (Å²) >= 11 is 2.85. The number of ether oxygens (including phenoxy) is 1. The van der Waals surface area contributed by atoms with E-state index in [1.165, 1.54) is 11.5 Å². The molecule has 118 valence electrons. The summed E-state index contributed by atoms with van der Waals surface area (Å²) in [5.74, 6) is 1.12. The zero-order valence-corrected chi connectivity index (χ0v) is 13.9. The molecule has 23 heavy (non-hydrogen) atoms. The molecule has 2 amide bonds. The van der Waals surface area contributed by atoms with Crippen molar-refractivity contribution in [2.75, 3.05) is 18.4 Å². The number of para-hydroxylation sites is 1. The molecule has 0 spiro atoms. The number of urea groups is 1. The molecule has 0 radical (unpaired) electrons. The fourth-order valence-corrected chi connectivity index (χ4v) is 3.46. The molecule has 1 aliphatic heterocycles. The van der Waals surface area contributed by atoms with Gasteiger partial charge in [0, 0.05) is 0 Å². The van der Waals surface area contributed by atoms with Crippen molar-refractivity contribution in [2.24, 2.45) is 0 Å². The maximum atomic E-state index is 12.0. The molecule has 0 bridgehead atoms. The zero-order chi connectivity index (χ0) is 15.8. The molecule has 3 aromatic rings. The number of rotatable bonds is 3. The number of nitrogens with one attached hydrogen (secondary N) is 1. The maximum Gasteiger partial charge on any atom is 0.324 e. The van der Waals surface area contributed by atoms with Gasteiger partial charge in [-0.2, -0.15) is 4.37 Å². The molecule has 3 heterocycles. The first kappa shape index (κ1) is 14.3. The van der Waals surface area contributed by atoms with E-state index in [0.717, 1.165) is 21.0 Å². The third-order valence-electron chi connectivity index (χ3n) is 3.50. The fraction of sp³-hybridized carbons (Fsp3) is 0.286. The van der Waals surface area contributed by atoms with Gasteiger partial charge in [0.05, 0.1) is 23.3 Å². The third-order valence-corrected chi connectivity index (χ3v) is 4.91. The van der Waals surface area contributed by atoms with Gasteiger partial charge < -0.3 is 9.64 Å². The number of carbonyl (C=O) groups is 1. The van der Waals surface area contributed by atoms with E-state index >= 15 is 0 Å². The molecule has 7 nitrogen and oxygen atoms in total. The van der Waals surface area contributed by atoms with Crippen LogP contribution in [0.4, 0.5) is 10.7 Å². The van der Waals surface area contributed by atoms with Crippen LogP contribution in [0, 0.1) is 6.92 Å². The van der Waals surface area contributed by atoms with E-state index in [2.05, 4.69) is 19.7 Å². The van der Waals surface area contributed by atoms with E-state index < -0.39 is 0 Å². The Morgan fingerprint density at radius 3 is 3.09 bits per heavy atom. The Morgan fingerprint density at radius 2 is 2.30 bits per heavy atom. The van der Waals surface area contributed by atoms with Gasteiger partial charge in [-0.3, -0.25) is 5.32 Å². The number of anilines is 1. The Bertz CT molecular complexity index is 856. The van der Waals surface area contributed by atoms with Crippen LogP contribution >= 0.6 is 22.9 Å². The smallest absolute Gasteiger partial charge is 0.324 e. The molecule has 4 rings (SSSR count). The number of hydrogen-bond acceptors (Lipinski definition) is 7. The van der Waals surface area contributed by atoms with Gasteiger partial charge >= 0.3 is 6.03 Å². The van der Waals surface area contributed by atoms with Crippen LogP contribution in [0.5, 0.6) is 5.75 Å². The standard InChI is InChI=1S/C14H13N5O2S2/c1-8-16-13(18-23-8)17-14(20)19-5-9(6-19)21-10-3-2-4-11-12(10)15-7-22-11/h2-4,7,9H,5-6H2,1H3,(H,17,18,20). The topological polar surface area (TPSA) is 80.2 Å². The molecule has 9 heteroatoms. The lowest BCUT2D eigenvalue weighted by molar-refractivity contribution is 0.0502. The third kappa shape index (κ3) is 2.84. The lowest BCUT2D eigenvalue weighted by atomic mass is 10.2. The first-order valence-electron chi connectivity index (χ1n) is 7.04. The van der Waals surface area contributed by atoms with Gasteiger partial charge in [0.15, 0.2) is 0 Å². The first-order valence-corrected chi connectivity index (χ1v) is 8.69. The number of likely N-dealkylation sites (tertiary alicyclic amines) is 1. The summed E-state index contributed by atoms with van der Waals surface area (Å²) in [6, 6.07) is 5.68. The highest BCUT2D eigenvalue weighted by Crippen LogP contribution is 2.29. The molecule has 1 saturated heterocycles. The molecule has 1 aliphatic rings. The number of hydrogen-bond donors (Lipinski definition) is 1. The van der Waals surface area contributed by atoms with Crippen LogP contribution in [0.1, 0.15) is 5.01 Å². The Balaban J connectivity index is 1.34. The van der Waals surface area contributed by atoms with Crippen molar-refractivity contribution in [3.63, 3.8) is 0 Å². The van der Waals surface area contributed by atoms with Crippen molar-refractivity contribution >= 4 is 45.1 Å². The molecular weight excluding hydrogens is 334 g/mol. The number of thiazole rings is 1. The van der Waals surface area contributed by atoms with E-state index in [4.69, 9.17) is 4.74 Å². The van der Waals surface area contributed by atoms with Gasteiger partial charge in [0.25, 0.3) is 0 Å². The Morgan fingerprint density at radius 1 is 1.43 bits per heavy atom. The minimum atomic E-state index is -0.200. The van der Waals surface area contributed by atoms with Gasteiger partial charge in [-0.1, -0.05) is 6.07 Å². The highest BCUT2D eigenvalue weighted by molar-refractivity contribution is 7.16. The lowest BCUT2D eigenvalue weighted by Gasteiger charge is -2.38. The Hall–Kier alpha value is -2.26. The molecular formula is C14H13N5O2S2. The van der Waals surface area contributed by atoms with E-state index in [1.807, 2.05) is 25.1 Å². The van der Waals surface area contributed by atoms with E-state index in [0.29, 0.717) is 19.0 Å². The molecule has 1 fully saturated rings. The molecule has 0 aliphatic carbocycles. The largest absolute Gasteiger partial charge is 0.484 e. The summed E-state index contributed by atoms with van der Waals surface area (Å²) in [4.78, 5) is 22.2. The van der Waals surface area contributed by atoms with Gasteiger partial charge in [0.1, 0.15) is 22.4 Å². The normalized spacial score (nSPS) is 14.7. The second-order valence-corrected chi connectivity index (χ2v) is 7.01. The average molecular weight is 347 g/mol. The minimum Gasteiger partial charge on any atom is -0.484 e. The highest BCUT2D eigenvalue weighted by Gasteiger charge is 2.33. The number of benzene rings is 1. The summed E-state index contributed by atoms with van der Waals surface area (Å²) in [6.07, 6.45) is -0.0156. The van der Waals surface area contributed by atoms with Crippen LogP contribution in [0.3, 0.4) is 0 Å². The Labute approximate surface area is 140 Å². The van der Waals surface area contributed by atoms with Crippen molar-refractivity contribution in [2.45, 2.75) is 13.0 Å². The number of nitrogens with zero attached hydrogens (tertiary/aromatic N) is 4. The predicted molar refractivity (Wildman–Crippen MR) is 89.3 cm³/mol. The molecule has 1 N–H and O–H groups in total. The fourth-order valence-electron chi connectivity index (χ4n) is 2.34. The van der Waals surface area contributed by atoms with Crippen LogP contribution in [-0.2, 0) is 0 Å². The number of aryl methyl sites for hydroxylation is 1. The second kappa shape index (κ2) is 5.74. The SMILES string of the molecule is Cc1nc(NC(=O)N2CC(Oc3cccc4scnc34)C2)ns1. The van der Waals surface area contributed by atoms with E-state index in [1.54, 1.807) is 21.7 Å². The van der Waals surface area contributed by atoms with Gasteiger partial charge in [0.2, 0.25) is 5.95 Å². The van der Waals surface area contributed by atoms with Crippen molar-refractivity contribution in [1.29, 1.82) is 0 Å². The van der Waals surface area contributed by atoms with Crippen molar-refractivity contribution in [3.05, 3.63) is 28.7 Å². The second-order valence-electron chi connectivity index (χ2n) is 5.17. The number of amides is 2. The van der Waals surface area contributed by atoms with E-state index in [9.17, 15) is 4.79 Å². The van der Waals surface area contributed by atoms with Crippen molar-refractivity contribution in [1.82, 2.24) is 19.2 Å². The van der Waals surface area contributed by atoms with Gasteiger partial charge in [-0.15, -0.1) is 11.3 Å². The summed E-state index contributed by atoms with van der Waals surface area (Å²) in [5.41, 5.74) is 2.68. The number of aromatic nitrogens is 3. The van der Waals surface area contributed by atoms with Crippen LogP contribution in [0.2, 0.25) is 0 Å². The monoisotopic (exact) mass is 347 g/mol. The maximum absolute atomic E-state index is 12.0. The molecule has 2 aromatic heterocycles. The first-order chi connectivity index (χ1) is 11.2. The summed E-state index contributed by atoms with van der Waals surface area (Å²) in [6.45, 7) is 2.92. The van der Waals surface area contributed by atoms with Gasteiger partial charge in [-0.25, -0.2) is 14.8 Å². The summed E-state index contributed by atoms with van der Waals surface area (Å²) in [5, 5.41) is 3.50. The predicted octanol–water partition coefficient (Wildman–Crippen LogP) is 2.75. The molecule has 0 atom stereocenters. The van der Waals surface area contributed by atoms with Crippen LogP contribution in [-0.4, -0.2) is 44.5 Å². The highest BCUT2D eigenvalue weighted by atomic mass is 32.1. The number of fused-ring (bicyclic) bond motifs is 1. The summed E-state index contributed by atoms with van der Waals surface area (Å²) in [7, 11) is 0. The van der Waals surface area contributed by atoms with Crippen LogP contribution in [0.15, 0.2) is 23.7 Å². The molecule has 0 saturated carbocycles. The van der Waals surface area contributed by atoms with Crippen LogP contribution in [0.25, 0.3) is 10.2 Å². The van der Waals surface area contributed by atoms with Crippen LogP contribution < -0.4 is 10.1 Å². The summed E-state index contributed by atoms with van der Waals surface area (Å²) < 4.78 is 11.1. The van der Waals surface area contributed by atoms with Gasteiger partial charge in [-0.05, 0) is 30.6 Å².